The third kappa shape index (κ3) is 5.51. The van der Waals surface area contributed by atoms with Gasteiger partial charge in [0.2, 0.25) is 11.9 Å². The van der Waals surface area contributed by atoms with E-state index in [-0.39, 0.29) is 29.4 Å². The van der Waals surface area contributed by atoms with Crippen molar-refractivity contribution >= 4 is 23.6 Å². The molecule has 3 heterocycles. The average molecular weight is 453 g/mol. The number of carbonyl (C=O) groups is 1. The minimum Gasteiger partial charge on any atom is -0.338 e. The van der Waals surface area contributed by atoms with E-state index in [2.05, 4.69) is 47.4 Å². The summed E-state index contributed by atoms with van der Waals surface area (Å²) in [6.45, 7) is 7.42. The minimum atomic E-state index is -0.459. The van der Waals surface area contributed by atoms with Crippen LogP contribution in [0.1, 0.15) is 36.5 Å². The number of amides is 1. The molecule has 2 N–H and O–H groups in total. The molecule has 2 aromatic heterocycles. The van der Waals surface area contributed by atoms with Gasteiger partial charge in [-0.3, -0.25) is 4.79 Å². The van der Waals surface area contributed by atoms with Crippen molar-refractivity contribution in [3.63, 3.8) is 0 Å². The Kier molecular flexibility index (Phi) is 6.93. The molecule has 9 nitrogen and oxygen atoms in total. The highest BCUT2D eigenvalue weighted by molar-refractivity contribution is 6.00. The number of halogens is 1. The van der Waals surface area contributed by atoms with Gasteiger partial charge in [-0.25, -0.2) is 9.37 Å². The molecule has 1 aliphatic heterocycles. The summed E-state index contributed by atoms with van der Waals surface area (Å²) in [6, 6.07) is 3.28. The molecular formula is C23H29FN8O. The molecule has 1 atom stereocenters. The van der Waals surface area contributed by atoms with E-state index in [0.717, 1.165) is 26.2 Å². The van der Waals surface area contributed by atoms with Gasteiger partial charge in [0, 0.05) is 45.2 Å². The molecule has 4 rings (SSSR count). The van der Waals surface area contributed by atoms with E-state index in [1.807, 2.05) is 19.9 Å². The molecule has 0 bridgehead atoms. The summed E-state index contributed by atoms with van der Waals surface area (Å²) in [5.74, 6) is 1.18. The van der Waals surface area contributed by atoms with Crippen LogP contribution in [0.25, 0.3) is 0 Å². The molecule has 2 aliphatic rings. The van der Waals surface area contributed by atoms with E-state index in [0.29, 0.717) is 30.0 Å². The fourth-order valence-electron chi connectivity index (χ4n) is 3.67. The fraction of sp³-hybridized carbons (Fsp3) is 0.435. The van der Waals surface area contributed by atoms with Crippen LogP contribution in [0.5, 0.6) is 0 Å². The van der Waals surface area contributed by atoms with Crippen molar-refractivity contribution in [1.82, 2.24) is 30.2 Å². The molecule has 1 fully saturated rings. The number of hydrogen-bond donors (Lipinski definition) is 2. The van der Waals surface area contributed by atoms with E-state index in [4.69, 9.17) is 0 Å². The molecule has 1 saturated heterocycles. The Balaban J connectivity index is 1.56. The lowest BCUT2D eigenvalue weighted by Crippen LogP contribution is -2.45. The maximum atomic E-state index is 14.3. The minimum absolute atomic E-state index is 0.104. The normalized spacial score (nSPS) is 19.0. The number of hydrogen-bond acceptors (Lipinski definition) is 8. The van der Waals surface area contributed by atoms with Gasteiger partial charge >= 0.3 is 0 Å². The second-order valence-corrected chi connectivity index (χ2v) is 8.36. The Morgan fingerprint density at radius 3 is 2.73 bits per heavy atom. The number of allylic oxidation sites excluding steroid dienone is 3. The number of pyridine rings is 1. The van der Waals surface area contributed by atoms with Gasteiger partial charge < -0.3 is 20.4 Å². The lowest BCUT2D eigenvalue weighted by atomic mass is 10.0. The molecule has 0 aromatic carbocycles. The molecule has 0 spiro atoms. The molecule has 10 heteroatoms. The van der Waals surface area contributed by atoms with Crippen LogP contribution >= 0.6 is 0 Å². The maximum Gasteiger partial charge on any atom is 0.259 e. The number of carbonyl (C=O) groups excluding carboxylic acids is 1. The molecule has 0 saturated carbocycles. The van der Waals surface area contributed by atoms with E-state index in [9.17, 15) is 9.18 Å². The highest BCUT2D eigenvalue weighted by atomic mass is 19.1. The van der Waals surface area contributed by atoms with Crippen molar-refractivity contribution in [2.45, 2.75) is 26.7 Å². The summed E-state index contributed by atoms with van der Waals surface area (Å²) in [7, 11) is 2.09. The van der Waals surface area contributed by atoms with Crippen molar-refractivity contribution in [1.29, 1.82) is 0 Å². The number of rotatable bonds is 6. The second kappa shape index (κ2) is 10.0. The van der Waals surface area contributed by atoms with E-state index < -0.39 is 5.91 Å². The number of aromatic nitrogens is 4. The smallest absolute Gasteiger partial charge is 0.259 e. The van der Waals surface area contributed by atoms with Crippen LogP contribution in [0.3, 0.4) is 0 Å². The lowest BCUT2D eigenvalue weighted by Gasteiger charge is -2.32. The highest BCUT2D eigenvalue weighted by Gasteiger charge is 2.21. The predicted octanol–water partition coefficient (Wildman–Crippen LogP) is 2.83. The van der Waals surface area contributed by atoms with Gasteiger partial charge in [-0.05, 0) is 31.2 Å². The maximum absolute atomic E-state index is 14.3. The van der Waals surface area contributed by atoms with Gasteiger partial charge in [0.1, 0.15) is 17.5 Å². The fourth-order valence-corrected chi connectivity index (χ4v) is 3.67. The van der Waals surface area contributed by atoms with E-state index in [1.165, 1.54) is 0 Å². The van der Waals surface area contributed by atoms with Gasteiger partial charge in [-0.1, -0.05) is 19.9 Å². The van der Waals surface area contributed by atoms with Crippen molar-refractivity contribution in [3.8, 4) is 0 Å². The zero-order chi connectivity index (χ0) is 23.4. The Labute approximate surface area is 192 Å². The standard InChI is InChI=1S/C23H29FN8O/c1-4-19-27-22(30-23(28-19)32-12-10-31(3)11-13-32)29-20-16(6-5-9-25-20)21(33)26-18-8-7-15(2)14-17(18)24/h5-9,15H,4,10-14H2,1-3H3,(H,26,33)(H,25,27,28,29,30). The molecule has 0 radical (unpaired) electrons. The van der Waals surface area contributed by atoms with Crippen LogP contribution in [-0.2, 0) is 6.42 Å². The van der Waals surface area contributed by atoms with Crippen molar-refractivity contribution in [2.24, 2.45) is 5.92 Å². The summed E-state index contributed by atoms with van der Waals surface area (Å²) < 4.78 is 14.3. The SMILES string of the molecule is CCc1nc(Nc2ncccc2C(=O)NC2=C(F)CC(C)C=C2)nc(N2CCN(C)CC2)n1. The molecule has 2 aromatic rings. The quantitative estimate of drug-likeness (QED) is 0.690. The second-order valence-electron chi connectivity index (χ2n) is 8.36. The molecule has 1 amide bonds. The lowest BCUT2D eigenvalue weighted by molar-refractivity contribution is 0.0966. The van der Waals surface area contributed by atoms with Gasteiger partial charge in [0.15, 0.2) is 0 Å². The number of piperazine rings is 1. The number of likely N-dealkylation sites (N-methyl/N-ethyl adjacent to an activating group) is 1. The molecular weight excluding hydrogens is 423 g/mol. The zero-order valence-electron chi connectivity index (χ0n) is 19.2. The third-order valence-electron chi connectivity index (χ3n) is 5.69. The van der Waals surface area contributed by atoms with Crippen LogP contribution in [-0.4, -0.2) is 64.0 Å². The Morgan fingerprint density at radius 1 is 1.21 bits per heavy atom. The van der Waals surface area contributed by atoms with Gasteiger partial charge in [-0.2, -0.15) is 15.0 Å². The first-order valence-electron chi connectivity index (χ1n) is 11.2. The summed E-state index contributed by atoms with van der Waals surface area (Å²) >= 11 is 0. The molecule has 174 valence electrons. The van der Waals surface area contributed by atoms with Crippen molar-refractivity contribution in [3.05, 3.63) is 53.4 Å². The monoisotopic (exact) mass is 452 g/mol. The van der Waals surface area contributed by atoms with Crippen LogP contribution < -0.4 is 15.5 Å². The number of nitrogens with one attached hydrogen (secondary N) is 2. The summed E-state index contributed by atoms with van der Waals surface area (Å²) in [4.78, 5) is 35.3. The average Bonchev–Trinajstić information content (AvgIpc) is 2.81. The molecule has 1 unspecified atom stereocenters. The van der Waals surface area contributed by atoms with Crippen LogP contribution in [0.2, 0.25) is 0 Å². The number of nitrogens with zero attached hydrogens (tertiary/aromatic N) is 6. The van der Waals surface area contributed by atoms with Crippen LogP contribution in [0.15, 0.2) is 42.0 Å². The topological polar surface area (TPSA) is 99.2 Å². The summed E-state index contributed by atoms with van der Waals surface area (Å²) in [5.41, 5.74) is 0.447. The molecule has 1 aliphatic carbocycles. The first-order valence-corrected chi connectivity index (χ1v) is 11.2. The number of anilines is 3. The molecule has 33 heavy (non-hydrogen) atoms. The van der Waals surface area contributed by atoms with Gasteiger partial charge in [0.05, 0.1) is 11.3 Å². The third-order valence-corrected chi connectivity index (χ3v) is 5.69. The van der Waals surface area contributed by atoms with Crippen molar-refractivity contribution < 1.29 is 9.18 Å². The predicted molar refractivity (Wildman–Crippen MR) is 125 cm³/mol. The van der Waals surface area contributed by atoms with Crippen LogP contribution in [0, 0.1) is 5.92 Å². The van der Waals surface area contributed by atoms with E-state index in [1.54, 1.807) is 24.4 Å². The summed E-state index contributed by atoms with van der Waals surface area (Å²) in [6.07, 6.45) is 5.96. The zero-order valence-corrected chi connectivity index (χ0v) is 19.2. The first kappa shape index (κ1) is 22.8. The Hall–Kier alpha value is -3.40. The van der Waals surface area contributed by atoms with Gasteiger partial charge in [0.25, 0.3) is 5.91 Å². The first-order chi connectivity index (χ1) is 15.9. The number of aryl methyl sites for hydroxylation is 1. The Bertz CT molecular complexity index is 1080. The van der Waals surface area contributed by atoms with E-state index >= 15 is 0 Å². The Morgan fingerprint density at radius 2 is 2.00 bits per heavy atom. The largest absolute Gasteiger partial charge is 0.338 e. The summed E-state index contributed by atoms with van der Waals surface area (Å²) in [5, 5.41) is 5.73. The van der Waals surface area contributed by atoms with Crippen LogP contribution in [0.4, 0.5) is 22.1 Å². The highest BCUT2D eigenvalue weighted by Crippen LogP contribution is 2.24. The van der Waals surface area contributed by atoms with Crippen molar-refractivity contribution in [2.75, 3.05) is 43.4 Å². The van der Waals surface area contributed by atoms with Gasteiger partial charge in [-0.15, -0.1) is 0 Å².